The van der Waals surface area contributed by atoms with E-state index >= 15 is 0 Å². The summed E-state index contributed by atoms with van der Waals surface area (Å²) in [6.07, 6.45) is 3.73. The van der Waals surface area contributed by atoms with Crippen molar-refractivity contribution in [2.75, 3.05) is 0 Å². The maximum Gasteiger partial charge on any atom is 0.0730 e. The van der Waals surface area contributed by atoms with Gasteiger partial charge in [-0.05, 0) is 194 Å². The molecule has 0 aliphatic carbocycles. The van der Waals surface area contributed by atoms with Gasteiger partial charge in [0.15, 0.2) is 0 Å². The van der Waals surface area contributed by atoms with Gasteiger partial charge >= 0.3 is 0 Å². The molecular weight excluding hydrogens is 1360 g/mol. The highest BCUT2D eigenvalue weighted by Crippen LogP contribution is 2.44. The molecule has 0 fully saturated rings. The summed E-state index contributed by atoms with van der Waals surface area (Å²) in [5, 5.41) is 9.88. The average molecular weight is 1430 g/mol. The molecule has 16 aromatic carbocycles. The van der Waals surface area contributed by atoms with Crippen LogP contribution in [0.3, 0.4) is 0 Å². The fourth-order valence-corrected chi connectivity index (χ4v) is 17.0. The molecule has 0 radical (unpaired) electrons. The third-order valence-electron chi connectivity index (χ3n) is 22.3. The molecule has 0 atom stereocenters. The quantitative estimate of drug-likeness (QED) is 0.122. The number of para-hydroxylation sites is 4. The van der Waals surface area contributed by atoms with Crippen LogP contribution in [0, 0.1) is 0 Å². The van der Waals surface area contributed by atoms with Crippen molar-refractivity contribution in [1.82, 2.24) is 28.2 Å². The zero-order valence-corrected chi connectivity index (χ0v) is 61.1. The van der Waals surface area contributed by atoms with Crippen molar-refractivity contribution in [1.29, 1.82) is 0 Å². The molecule has 0 unspecified atom stereocenters. The van der Waals surface area contributed by atoms with E-state index in [9.17, 15) is 0 Å². The van der Waals surface area contributed by atoms with Gasteiger partial charge in [0, 0.05) is 83.7 Å². The van der Waals surface area contributed by atoms with E-state index < -0.39 is 0 Å². The summed E-state index contributed by atoms with van der Waals surface area (Å²) in [5.74, 6) is 0. The van der Waals surface area contributed by atoms with Crippen LogP contribution < -0.4 is 0 Å². The van der Waals surface area contributed by atoms with Gasteiger partial charge in [0.2, 0.25) is 0 Å². The van der Waals surface area contributed by atoms with Gasteiger partial charge in [-0.25, -0.2) is 4.98 Å². The van der Waals surface area contributed by atoms with E-state index in [0.29, 0.717) is 0 Å². The Morgan fingerprint density at radius 1 is 0.143 bits per heavy atom. The van der Waals surface area contributed by atoms with Gasteiger partial charge in [0.05, 0.1) is 61.2 Å². The highest BCUT2D eigenvalue weighted by Gasteiger charge is 2.22. The second-order valence-corrected chi connectivity index (χ2v) is 28.9. The fourth-order valence-electron chi connectivity index (χ4n) is 17.0. The van der Waals surface area contributed by atoms with Gasteiger partial charge in [-0.3, -0.25) is 4.98 Å². The number of hydrogen-bond donors (Lipinski definition) is 0. The number of benzene rings is 16. The van der Waals surface area contributed by atoms with Crippen molar-refractivity contribution in [3.8, 4) is 112 Å². The zero-order valence-electron chi connectivity index (χ0n) is 61.1. The first-order valence-electron chi connectivity index (χ1n) is 38.2. The van der Waals surface area contributed by atoms with E-state index in [-0.39, 0.29) is 0 Å². The number of hydrogen-bond acceptors (Lipinski definition) is 2. The van der Waals surface area contributed by atoms with Crippen molar-refractivity contribution in [2.45, 2.75) is 0 Å². The van der Waals surface area contributed by atoms with Crippen LogP contribution in [0.2, 0.25) is 0 Å². The van der Waals surface area contributed by atoms with Crippen molar-refractivity contribution >= 4 is 87.2 Å². The van der Waals surface area contributed by atoms with E-state index in [4.69, 9.17) is 4.98 Å². The summed E-state index contributed by atoms with van der Waals surface area (Å²) >= 11 is 0. The summed E-state index contributed by atoms with van der Waals surface area (Å²) in [4.78, 5) is 9.47. The highest BCUT2D eigenvalue weighted by molar-refractivity contribution is 6.15. The van der Waals surface area contributed by atoms with Gasteiger partial charge in [-0.1, -0.05) is 285 Å². The molecular formula is C106H70N6. The molecule has 6 heteroatoms. The lowest BCUT2D eigenvalue weighted by Crippen LogP contribution is -1.98. The lowest BCUT2D eigenvalue weighted by Gasteiger charge is -2.14. The molecule has 6 heterocycles. The minimum atomic E-state index is 0.947. The van der Waals surface area contributed by atoms with Gasteiger partial charge in [0.25, 0.3) is 0 Å². The molecule has 22 aromatic rings. The SMILES string of the molecule is c1ccc(-c2cccc(-n3c4ccccc4c4ccc(-c5ccc6c(c5)c5ccccc5n6-c5cc(-c6ccccc6)cc(-c6ccncc6)c5)cc43)c2)cc1.c1ccc(-c2cccc(-n3c4ccccc4c4ccc(-c5ccc6c(c5)c5ccccc5n6-c5cc(-c6ccccc6)nc(-c6ccccc6)c5)cc43)c2)cc1. The Balaban J connectivity index is 0.000000141. The first-order valence-corrected chi connectivity index (χ1v) is 38.2. The molecule has 0 bridgehead atoms. The van der Waals surface area contributed by atoms with Crippen LogP contribution in [-0.2, 0) is 0 Å². The van der Waals surface area contributed by atoms with Crippen molar-refractivity contribution < 1.29 is 0 Å². The first-order chi connectivity index (χ1) is 55.5. The molecule has 22 rings (SSSR count). The Morgan fingerprint density at radius 3 is 0.830 bits per heavy atom. The average Bonchev–Trinajstić information content (AvgIpc) is 1.59. The van der Waals surface area contributed by atoms with Crippen LogP contribution in [0.4, 0.5) is 0 Å². The van der Waals surface area contributed by atoms with Gasteiger partial charge in [-0.2, -0.15) is 0 Å². The Bertz CT molecular complexity index is 6780. The predicted molar refractivity (Wildman–Crippen MR) is 469 cm³/mol. The second-order valence-electron chi connectivity index (χ2n) is 28.9. The molecule has 0 amide bonds. The molecule has 0 saturated heterocycles. The summed E-state index contributed by atoms with van der Waals surface area (Å²) in [7, 11) is 0. The van der Waals surface area contributed by atoms with Gasteiger partial charge in [0.1, 0.15) is 0 Å². The van der Waals surface area contributed by atoms with E-state index in [1.165, 1.54) is 132 Å². The minimum absolute atomic E-state index is 0.947. The number of aromatic nitrogens is 6. The fraction of sp³-hybridized carbons (Fsp3) is 0. The largest absolute Gasteiger partial charge is 0.309 e. The summed E-state index contributed by atoms with van der Waals surface area (Å²) in [6.45, 7) is 0. The van der Waals surface area contributed by atoms with E-state index in [1.54, 1.807) is 0 Å². The molecule has 0 saturated carbocycles. The molecule has 6 aromatic heterocycles. The third-order valence-corrected chi connectivity index (χ3v) is 22.3. The molecule has 6 nitrogen and oxygen atoms in total. The van der Waals surface area contributed by atoms with Crippen LogP contribution >= 0.6 is 0 Å². The molecule has 524 valence electrons. The lowest BCUT2D eigenvalue weighted by molar-refractivity contribution is 1.16. The Kier molecular flexibility index (Phi) is 16.1. The number of nitrogens with zero attached hydrogens (tertiary/aromatic N) is 6. The predicted octanol–water partition coefficient (Wildman–Crippen LogP) is 27.9. The van der Waals surface area contributed by atoms with Crippen LogP contribution in [0.1, 0.15) is 0 Å². The highest BCUT2D eigenvalue weighted by atomic mass is 15.0. The minimum Gasteiger partial charge on any atom is -0.309 e. The monoisotopic (exact) mass is 1430 g/mol. The summed E-state index contributed by atoms with van der Waals surface area (Å²) in [5.41, 5.74) is 32.3. The molecule has 0 N–H and O–H groups in total. The normalized spacial score (nSPS) is 11.6. The summed E-state index contributed by atoms with van der Waals surface area (Å²) < 4.78 is 9.66. The standard InChI is InChI=1S/2C53H35N3/c1-4-15-36(16-5-1)39-21-14-22-42(31-39)55-50-25-12-10-23-44(50)46-29-27-41(33-53(46)55)40-28-30-52-47(32-40)45-24-11-13-26-51(45)56(52)43-34-48(37-17-6-2-7-18-37)54-49(35-43)38-19-8-3-9-20-38;1-3-12-36(13-4-1)39-16-11-17-44(31-39)55-50-20-9-7-18-46(50)48-24-22-41(35-53(48)55)40-23-25-52-49(34-40)47-19-8-10-21-51(47)56(52)45-32-42(37-14-5-2-6-15-37)30-43(33-45)38-26-28-54-29-27-38/h2*1-35H. The first kappa shape index (κ1) is 65.3. The number of fused-ring (bicyclic) bond motifs is 12. The van der Waals surface area contributed by atoms with Crippen molar-refractivity contribution in [3.05, 3.63) is 425 Å². The maximum atomic E-state index is 5.17. The summed E-state index contributed by atoms with van der Waals surface area (Å²) in [6, 6.07) is 149. The maximum absolute atomic E-state index is 5.17. The lowest BCUT2D eigenvalue weighted by atomic mass is 9.98. The zero-order chi connectivity index (χ0) is 74.0. The van der Waals surface area contributed by atoms with Crippen LogP contribution in [0.5, 0.6) is 0 Å². The molecule has 0 aliphatic rings. The smallest absolute Gasteiger partial charge is 0.0730 e. The number of pyridine rings is 2. The third kappa shape index (κ3) is 11.6. The Morgan fingerprint density at radius 2 is 0.420 bits per heavy atom. The van der Waals surface area contributed by atoms with E-state index in [1.807, 2.05) is 12.4 Å². The number of rotatable bonds is 12. The molecule has 0 aliphatic heterocycles. The van der Waals surface area contributed by atoms with Crippen LogP contribution in [0.25, 0.3) is 199 Å². The second kappa shape index (κ2) is 27.7. The van der Waals surface area contributed by atoms with E-state index in [0.717, 1.165) is 67.4 Å². The van der Waals surface area contributed by atoms with Crippen molar-refractivity contribution in [3.63, 3.8) is 0 Å². The van der Waals surface area contributed by atoms with Crippen LogP contribution in [-0.4, -0.2) is 28.2 Å². The molecule has 0 spiro atoms. The molecule has 112 heavy (non-hydrogen) atoms. The van der Waals surface area contributed by atoms with Gasteiger partial charge in [-0.15, -0.1) is 0 Å². The van der Waals surface area contributed by atoms with Gasteiger partial charge < -0.3 is 18.3 Å². The Hall–Kier alpha value is -15.0. The Labute approximate surface area is 648 Å². The van der Waals surface area contributed by atoms with E-state index in [2.05, 4.69) is 436 Å². The topological polar surface area (TPSA) is 45.5 Å². The van der Waals surface area contributed by atoms with Crippen LogP contribution in [0.15, 0.2) is 425 Å². The van der Waals surface area contributed by atoms with Crippen molar-refractivity contribution in [2.24, 2.45) is 0 Å².